The van der Waals surface area contributed by atoms with Crippen LogP contribution in [0.2, 0.25) is 6.32 Å². The fourth-order valence-corrected chi connectivity index (χ4v) is 18.8. The second-order valence-electron chi connectivity index (χ2n) is 36.6. The monoisotopic (exact) mass is 2070 g/mol. The van der Waals surface area contributed by atoms with E-state index in [4.69, 9.17) is 107 Å². The van der Waals surface area contributed by atoms with Crippen molar-refractivity contribution in [2.24, 2.45) is 0 Å². The van der Waals surface area contributed by atoms with Crippen molar-refractivity contribution in [2.75, 3.05) is 144 Å². The number of ether oxygens (including phenoxy) is 20. The van der Waals surface area contributed by atoms with Crippen LogP contribution in [0, 0.1) is 0 Å². The zero-order valence-electron chi connectivity index (χ0n) is 80.2. The van der Waals surface area contributed by atoms with Gasteiger partial charge >= 0.3 is 91.3 Å². The molecule has 22 saturated heterocycles. The molecule has 12 bridgehead atoms. The fraction of sp³-hybridized carbons (Fsp3) is 0.783. The molecule has 50 nitrogen and oxygen atoms in total. The van der Waals surface area contributed by atoms with E-state index >= 15 is 0 Å². The first-order valence-electron chi connectivity index (χ1n) is 49.4. The number of Topliss-reactive ketones (excluding diaryl/α,β-unsaturated/α-hetero) is 1. The first-order chi connectivity index (χ1) is 69.8. The molecule has 28 rings (SSSR count). The molecule has 52 heteroatoms. The van der Waals surface area contributed by atoms with Crippen molar-refractivity contribution >= 4 is 47.4 Å². The maximum Gasteiger partial charge on any atom is 0.0987 e. The van der Waals surface area contributed by atoms with Gasteiger partial charge in [0.15, 0.2) is 37.7 Å². The molecule has 144 heavy (non-hydrogen) atoms. The number of benzene rings is 2. The Hall–Kier alpha value is -6.40. The number of rotatable bonds is 48. The molecular formula is C92H140BN9O41S. The molecular weight excluding hydrogens is 1930 g/mol. The summed E-state index contributed by atoms with van der Waals surface area (Å²) in [7, 11) is 0. The van der Waals surface area contributed by atoms with Gasteiger partial charge < -0.3 is 183 Å². The van der Waals surface area contributed by atoms with Gasteiger partial charge in [0.1, 0.15) is 176 Å². The van der Waals surface area contributed by atoms with Gasteiger partial charge in [0.2, 0.25) is 17.7 Å². The molecule has 25 heterocycles. The molecule has 19 N–H and O–H groups in total. The van der Waals surface area contributed by atoms with Crippen molar-refractivity contribution in [1.29, 1.82) is 0 Å². The summed E-state index contributed by atoms with van der Waals surface area (Å²) in [6, 6.07) is 15.3. The second-order valence-corrected chi connectivity index (χ2v) is 37.0. The molecule has 24 aliphatic rings. The summed E-state index contributed by atoms with van der Waals surface area (Å²) in [5.41, 5.74) is 5.48. The summed E-state index contributed by atoms with van der Waals surface area (Å²) in [4.78, 5) is 55.3. The molecule has 1 aliphatic carbocycles. The number of hydrogen-bond acceptors (Lipinski definition) is 46. The third-order valence-electron chi connectivity index (χ3n) is 26.4. The molecule has 2 aromatic heterocycles. The van der Waals surface area contributed by atoms with Crippen molar-refractivity contribution in [3.8, 4) is 22.5 Å². The number of carbonyl (C=O) groups excluding carboxylic acids is 4. The zero-order chi connectivity index (χ0) is 102. The molecule has 0 spiro atoms. The molecule has 23 aliphatic heterocycles. The minimum absolute atomic E-state index is 0.0271. The number of nitrogens with one attached hydrogen (secondary N) is 2. The fourth-order valence-electron chi connectivity index (χ4n) is 18.6. The molecule has 4 aromatic rings. The van der Waals surface area contributed by atoms with Gasteiger partial charge in [0.05, 0.1) is 109 Å². The Kier molecular flexibility index (Phi) is 46.0. The number of fused-ring (bicyclic) bond motifs is 6. The summed E-state index contributed by atoms with van der Waals surface area (Å²) in [5.74, 6) is -0.861. The van der Waals surface area contributed by atoms with Crippen LogP contribution in [0.5, 0.6) is 0 Å². The number of hydrogen-bond donors (Lipinski definition) is 19. The van der Waals surface area contributed by atoms with Crippen LogP contribution in [0.25, 0.3) is 22.5 Å². The van der Waals surface area contributed by atoms with Crippen LogP contribution < -0.4 is 15.5 Å². The maximum atomic E-state index is 14.2. The Morgan fingerprint density at radius 1 is 0.444 bits per heavy atom. The first kappa shape index (κ1) is 115. The average molecular weight is 2070 g/mol. The minimum Gasteiger partial charge on any atom is -0.0614 e. The number of amides is 3. The molecule has 0 saturated carbocycles. The van der Waals surface area contributed by atoms with Crippen LogP contribution in [0.15, 0.2) is 48.5 Å². The van der Waals surface area contributed by atoms with Gasteiger partial charge in [-0.15, -0.1) is 10.2 Å². The van der Waals surface area contributed by atoms with Crippen molar-refractivity contribution in [3.05, 3.63) is 65.5 Å². The molecule has 22 fully saturated rings. The van der Waals surface area contributed by atoms with E-state index in [2.05, 4.69) is 31.3 Å². The largest absolute Gasteiger partial charge is 0.0987 e. The topological polar surface area (TPSA) is 686 Å². The van der Waals surface area contributed by atoms with E-state index in [1.54, 1.807) is 15.7 Å². The van der Waals surface area contributed by atoms with E-state index in [1.807, 2.05) is 55.5 Å². The number of aromatic nitrogens is 6. The van der Waals surface area contributed by atoms with Gasteiger partial charge in [-0.2, -0.15) is 0 Å². The van der Waals surface area contributed by atoms with Gasteiger partial charge in [0, 0.05) is 56.0 Å². The molecule has 31 unspecified atom stereocenters. The number of para-hydroxylation sites is 1. The SMILES string of the molecule is C[C@@H](CCCCNC(=O)COC1CCCCCc2c1nnn2CC1OC2OC3C(CO)OC(OC4C(CO)OC(OC5C(CO)OC(OC6C(CO)OC(OC7C(CO)OC(OC1C(O)C2O)C(O)C7O)C(O)C6O)C(O)C5O)C(O)C4O)C(O)C3O)NC(=O)CCOCCOCCOCCOCCCC(=O)CCC(=O)N1Cc2ccccc2-c2nnn(CCOCCOCCOCCCB=S)c2-c2ccccc21. The number of ketones is 1. The average Bonchev–Trinajstić information content (AvgIpc) is 1.42. The van der Waals surface area contributed by atoms with Crippen LogP contribution >= 0.6 is 12.1 Å². The maximum absolute atomic E-state index is 14.2. The predicted octanol–water partition coefficient (Wildman–Crippen LogP) is -6.06. The van der Waals surface area contributed by atoms with Crippen molar-refractivity contribution < 1.29 is 201 Å². The van der Waals surface area contributed by atoms with Crippen LogP contribution in [-0.2, 0) is 140 Å². The van der Waals surface area contributed by atoms with Crippen molar-refractivity contribution in [1.82, 2.24) is 40.6 Å². The molecule has 2 aromatic carbocycles. The van der Waals surface area contributed by atoms with Crippen LogP contribution in [0.3, 0.4) is 0 Å². The Bertz CT molecular complexity index is 4540. The summed E-state index contributed by atoms with van der Waals surface area (Å²) in [5, 5.41) is 218. The number of unbranched alkanes of at least 4 members (excludes halogenated alkanes) is 1. The van der Waals surface area contributed by atoms with E-state index in [0.29, 0.717) is 160 Å². The number of aliphatic hydroxyl groups is 17. The number of anilines is 1. The normalized spacial score (nSPS) is 33.3. The zero-order valence-corrected chi connectivity index (χ0v) is 81.0. The first-order valence-corrected chi connectivity index (χ1v) is 49.8. The number of aliphatic hydroxyl groups excluding tert-OH is 17. The Labute approximate surface area is 835 Å². The van der Waals surface area contributed by atoms with E-state index in [1.165, 1.54) is 4.68 Å². The summed E-state index contributed by atoms with van der Waals surface area (Å²) in [6.07, 6.45) is -52.4. The van der Waals surface area contributed by atoms with E-state index in [-0.39, 0.29) is 82.2 Å². The van der Waals surface area contributed by atoms with Crippen LogP contribution in [-0.4, -0.2) is 475 Å². The predicted molar refractivity (Wildman–Crippen MR) is 493 cm³/mol. The summed E-state index contributed by atoms with van der Waals surface area (Å²) >= 11 is 4.85. The number of nitrogens with zero attached hydrogens (tertiary/aromatic N) is 7. The van der Waals surface area contributed by atoms with E-state index in [9.17, 15) is 106 Å². The number of carbonyl (C=O) groups is 4. The Morgan fingerprint density at radius 3 is 1.36 bits per heavy atom. The van der Waals surface area contributed by atoms with Crippen molar-refractivity contribution in [2.45, 2.75) is 319 Å². The van der Waals surface area contributed by atoms with Gasteiger partial charge in [-0.05, 0) is 63.5 Å². The van der Waals surface area contributed by atoms with Crippen molar-refractivity contribution in [3.63, 3.8) is 0 Å². The Morgan fingerprint density at radius 2 is 0.875 bits per heavy atom. The third-order valence-corrected chi connectivity index (χ3v) is 26.7. The quantitative estimate of drug-likeness (QED) is 0.0145. The van der Waals surface area contributed by atoms with Crippen LogP contribution in [0.1, 0.15) is 113 Å². The van der Waals surface area contributed by atoms with Gasteiger partial charge in [-0.1, -0.05) is 65.7 Å². The third kappa shape index (κ3) is 30.1. The minimum atomic E-state index is -2.24. The second kappa shape index (κ2) is 57.7. The van der Waals surface area contributed by atoms with Gasteiger partial charge in [0.25, 0.3) is 0 Å². The molecule has 0 radical (unpaired) electrons. The summed E-state index contributed by atoms with van der Waals surface area (Å²) in [6.45, 7) is 1.84. The summed E-state index contributed by atoms with van der Waals surface area (Å²) < 4.78 is 121. The molecule has 3 amide bonds. The van der Waals surface area contributed by atoms with E-state index in [0.717, 1.165) is 35.1 Å². The Balaban J connectivity index is 0.519. The molecule has 808 valence electrons. The smallest absolute Gasteiger partial charge is 0.0614 e. The van der Waals surface area contributed by atoms with Crippen LogP contribution in [0.4, 0.5) is 5.69 Å². The van der Waals surface area contributed by atoms with Gasteiger partial charge in [-0.3, -0.25) is 19.2 Å². The molecule has 32 atom stereocenters. The van der Waals surface area contributed by atoms with Gasteiger partial charge in [-0.25, -0.2) is 9.36 Å². The van der Waals surface area contributed by atoms with E-state index < -0.39 is 242 Å². The standard InChI is InChI=1S/C92H140BN9O41S/c1-49(95-63(109)23-29-126-33-37-130-40-39-129-35-31-124-27-11-15-51(108)21-22-65(111)100-41-50-14-5-6-16-52(50)66-68(53-17-7-8-18-54(53)100)101(98-96-66)26-30-127-34-38-128-36-32-125-28-12-24-93-144)13-9-10-25-94-64(110)48-131-56-20-4-2-3-19-55-67(56)97-99-102(55)42-57-81-69(112)75(118)87(132-57)139-82-58(43-103)134-89(77(120)71(82)114)141-84-60(45-105)136-91(79(122)73(84)116)143-86-62(47-107)137-92(80(123)74(86)117)142-85-61(46-106)135-90(78(121)72(85)115)140-83-59(44-104)133-88(138-81)76(119)70(83)113/h5-8,14,16-18,49,56-62,69-92,103-107,112-123H,2-4,9-13,15,19-48H2,1H3,(H,94,110)(H,95,109)/t49-,56?,57?,58?,59?,60?,61?,62?,69?,70?,71?,72?,73?,74?,75?,76?,77?,78?,79?,80?,81?,82?,83?,84?,85?,86?,87?,88?,89?,90?,91?,92?/m0/s1.